The number of thiophene rings is 1. The summed E-state index contributed by atoms with van der Waals surface area (Å²) in [5, 5.41) is 1.96. The molecule has 37 valence electrons. The average molecular weight is 129 g/mol. The lowest BCUT2D eigenvalue weighted by Gasteiger charge is -1.78. The minimum Gasteiger partial charge on any atom is -0.137 e. The van der Waals surface area contributed by atoms with Crippen LogP contribution in [0.15, 0.2) is 15.7 Å². The number of rotatable bonds is 1. The van der Waals surface area contributed by atoms with Gasteiger partial charge in [-0.3, -0.25) is 0 Å². The fourth-order valence-electron chi connectivity index (χ4n) is 0.335. The molecular formula is C5H5S2. The van der Waals surface area contributed by atoms with Crippen molar-refractivity contribution in [3.63, 3.8) is 0 Å². The normalized spacial score (nSPS) is 9.29. The highest BCUT2D eigenvalue weighted by atomic mass is 32.2. The van der Waals surface area contributed by atoms with E-state index < -0.39 is 0 Å². The molecule has 0 saturated carbocycles. The second-order valence-corrected chi connectivity index (χ2v) is 3.09. The second kappa shape index (κ2) is 2.38. The van der Waals surface area contributed by atoms with E-state index in [0.29, 0.717) is 0 Å². The SMILES string of the molecule is CSc1c[c]cs1. The molecule has 0 nitrogen and oxygen atoms in total. The zero-order valence-electron chi connectivity index (χ0n) is 3.97. The van der Waals surface area contributed by atoms with Gasteiger partial charge in [0.05, 0.1) is 4.21 Å². The largest absolute Gasteiger partial charge is 0.137 e. The number of hydrogen-bond donors (Lipinski definition) is 0. The molecule has 0 aliphatic heterocycles. The van der Waals surface area contributed by atoms with E-state index >= 15 is 0 Å². The van der Waals surface area contributed by atoms with Crippen molar-refractivity contribution in [2.45, 2.75) is 4.21 Å². The van der Waals surface area contributed by atoms with Crippen LogP contribution in [-0.2, 0) is 0 Å². The quantitative estimate of drug-likeness (QED) is 0.524. The molecule has 1 heterocycles. The first kappa shape index (κ1) is 5.19. The first-order valence-electron chi connectivity index (χ1n) is 1.92. The predicted molar refractivity (Wildman–Crippen MR) is 34.9 cm³/mol. The van der Waals surface area contributed by atoms with Crippen LogP contribution in [0.4, 0.5) is 0 Å². The average Bonchev–Trinajstić information content (AvgIpc) is 2.14. The summed E-state index contributed by atoms with van der Waals surface area (Å²) in [5.41, 5.74) is 0. The van der Waals surface area contributed by atoms with Gasteiger partial charge in [0.1, 0.15) is 0 Å². The Morgan fingerprint density at radius 1 is 1.86 bits per heavy atom. The highest BCUT2D eigenvalue weighted by Crippen LogP contribution is 2.18. The summed E-state index contributed by atoms with van der Waals surface area (Å²) in [7, 11) is 0. The summed E-state index contributed by atoms with van der Waals surface area (Å²) >= 11 is 3.49. The maximum Gasteiger partial charge on any atom is 0.0602 e. The molecule has 0 amide bonds. The van der Waals surface area contributed by atoms with Crippen LogP contribution in [-0.4, -0.2) is 6.26 Å². The van der Waals surface area contributed by atoms with Crippen molar-refractivity contribution < 1.29 is 0 Å². The van der Waals surface area contributed by atoms with Crippen LogP contribution in [0.25, 0.3) is 0 Å². The van der Waals surface area contributed by atoms with Crippen molar-refractivity contribution in [2.24, 2.45) is 0 Å². The van der Waals surface area contributed by atoms with Crippen LogP contribution >= 0.6 is 23.1 Å². The van der Waals surface area contributed by atoms with Gasteiger partial charge in [-0.15, -0.1) is 23.1 Å². The molecule has 0 spiro atoms. The zero-order valence-corrected chi connectivity index (χ0v) is 5.60. The maximum absolute atomic E-state index is 2.98. The van der Waals surface area contributed by atoms with Crippen molar-refractivity contribution in [3.8, 4) is 0 Å². The summed E-state index contributed by atoms with van der Waals surface area (Å²) in [6.07, 6.45) is 2.07. The van der Waals surface area contributed by atoms with Gasteiger partial charge in [0.15, 0.2) is 0 Å². The van der Waals surface area contributed by atoms with Crippen LogP contribution in [0.3, 0.4) is 0 Å². The van der Waals surface area contributed by atoms with Gasteiger partial charge >= 0.3 is 0 Å². The molecule has 1 radical (unpaired) electrons. The summed E-state index contributed by atoms with van der Waals surface area (Å²) in [4.78, 5) is 0. The van der Waals surface area contributed by atoms with E-state index in [1.165, 1.54) is 4.21 Å². The standard InChI is InChI=1S/C5H5S2/c1-6-5-3-2-4-7-5/h3-4H,1H3. The molecule has 0 fully saturated rings. The van der Waals surface area contributed by atoms with Crippen LogP contribution in [0.5, 0.6) is 0 Å². The first-order chi connectivity index (χ1) is 3.43. The topological polar surface area (TPSA) is 0 Å². The Morgan fingerprint density at radius 3 is 3.00 bits per heavy atom. The van der Waals surface area contributed by atoms with Crippen LogP contribution in [0.2, 0.25) is 0 Å². The van der Waals surface area contributed by atoms with Gasteiger partial charge in [0.25, 0.3) is 0 Å². The van der Waals surface area contributed by atoms with Crippen molar-refractivity contribution in [1.82, 2.24) is 0 Å². The Morgan fingerprint density at radius 2 is 2.71 bits per heavy atom. The Labute approximate surface area is 51.6 Å². The fraction of sp³-hybridized carbons (Fsp3) is 0.200. The summed E-state index contributed by atoms with van der Waals surface area (Å²) in [6.45, 7) is 0. The number of thioether (sulfide) groups is 1. The molecule has 1 aromatic rings. The molecule has 0 aliphatic rings. The van der Waals surface area contributed by atoms with E-state index in [1.807, 2.05) is 11.4 Å². The van der Waals surface area contributed by atoms with Crippen molar-refractivity contribution in [1.29, 1.82) is 0 Å². The molecule has 0 unspecified atom stereocenters. The van der Waals surface area contributed by atoms with E-state index in [2.05, 4.69) is 12.3 Å². The second-order valence-electron chi connectivity index (χ2n) is 1.07. The zero-order chi connectivity index (χ0) is 5.11. The first-order valence-corrected chi connectivity index (χ1v) is 4.02. The third-order valence-corrected chi connectivity index (χ3v) is 2.56. The lowest BCUT2D eigenvalue weighted by molar-refractivity contribution is 1.73. The van der Waals surface area contributed by atoms with Gasteiger partial charge in [-0.2, -0.15) is 0 Å². The van der Waals surface area contributed by atoms with E-state index in [-0.39, 0.29) is 0 Å². The fourth-order valence-corrected chi connectivity index (χ4v) is 1.44. The van der Waals surface area contributed by atoms with Crippen molar-refractivity contribution in [2.75, 3.05) is 6.26 Å². The Hall–Kier alpha value is 0.0500. The van der Waals surface area contributed by atoms with Gasteiger partial charge in [-0.05, 0) is 23.8 Å². The third-order valence-electron chi connectivity index (χ3n) is 0.645. The molecular weight excluding hydrogens is 124 g/mol. The molecule has 7 heavy (non-hydrogen) atoms. The lowest BCUT2D eigenvalue weighted by Crippen LogP contribution is -1.46. The Balaban J connectivity index is 2.76. The van der Waals surface area contributed by atoms with Crippen LogP contribution in [0.1, 0.15) is 0 Å². The monoisotopic (exact) mass is 129 g/mol. The van der Waals surface area contributed by atoms with Crippen LogP contribution < -0.4 is 0 Å². The molecule has 1 aromatic heterocycles. The highest BCUT2D eigenvalue weighted by molar-refractivity contribution is 8.00. The van der Waals surface area contributed by atoms with Gasteiger partial charge in [-0.1, -0.05) is 0 Å². The smallest absolute Gasteiger partial charge is 0.0602 e. The predicted octanol–water partition coefficient (Wildman–Crippen LogP) is 2.27. The minimum atomic E-state index is 1.33. The van der Waals surface area contributed by atoms with Gasteiger partial charge < -0.3 is 0 Å². The van der Waals surface area contributed by atoms with E-state index in [0.717, 1.165) is 0 Å². The van der Waals surface area contributed by atoms with Crippen molar-refractivity contribution in [3.05, 3.63) is 17.5 Å². The van der Waals surface area contributed by atoms with Gasteiger partial charge in [0.2, 0.25) is 0 Å². The molecule has 1 rings (SSSR count). The van der Waals surface area contributed by atoms with Gasteiger partial charge in [-0.25, -0.2) is 0 Å². The van der Waals surface area contributed by atoms with Crippen molar-refractivity contribution >= 4 is 23.1 Å². The minimum absolute atomic E-state index is 1.33. The molecule has 0 saturated heterocycles. The molecule has 0 aliphatic carbocycles. The summed E-state index contributed by atoms with van der Waals surface area (Å²) in [5.74, 6) is 0. The van der Waals surface area contributed by atoms with E-state index in [1.54, 1.807) is 23.1 Å². The molecule has 0 N–H and O–H groups in total. The summed E-state index contributed by atoms with van der Waals surface area (Å²) in [6, 6.07) is 4.97. The number of hydrogen-bond acceptors (Lipinski definition) is 2. The molecule has 2 heteroatoms. The lowest BCUT2D eigenvalue weighted by atomic mass is 10.7. The van der Waals surface area contributed by atoms with Crippen LogP contribution in [0, 0.1) is 6.07 Å². The molecule has 0 bridgehead atoms. The Bertz CT molecular complexity index is 121. The maximum atomic E-state index is 2.98. The van der Waals surface area contributed by atoms with E-state index in [9.17, 15) is 0 Å². The Kier molecular flexibility index (Phi) is 1.77. The van der Waals surface area contributed by atoms with Gasteiger partial charge in [0, 0.05) is 0 Å². The summed E-state index contributed by atoms with van der Waals surface area (Å²) < 4.78 is 1.33. The highest BCUT2D eigenvalue weighted by Gasteiger charge is 1.83. The molecule has 0 atom stereocenters. The van der Waals surface area contributed by atoms with E-state index in [4.69, 9.17) is 0 Å². The third kappa shape index (κ3) is 1.21. The molecule has 0 aromatic carbocycles.